The Balaban J connectivity index is 0.000000130. The average molecular weight is 1440 g/mol. The lowest BCUT2D eigenvalue weighted by Gasteiger charge is -2.38. The van der Waals surface area contributed by atoms with Gasteiger partial charge in [0.1, 0.15) is 51.3 Å². The molecule has 3 aliphatic heterocycles. The van der Waals surface area contributed by atoms with Crippen LogP contribution in [0.25, 0.3) is 38.8 Å². The van der Waals surface area contributed by atoms with Gasteiger partial charge in [-0.3, -0.25) is 59.0 Å². The minimum Gasteiger partial charge on any atom is -0.367 e. The van der Waals surface area contributed by atoms with Gasteiger partial charge in [-0.1, -0.05) is 20.8 Å². The van der Waals surface area contributed by atoms with Crippen molar-refractivity contribution in [3.05, 3.63) is 240 Å². The number of hydrogen-bond donors (Lipinski definition) is 2. The summed E-state index contributed by atoms with van der Waals surface area (Å²) in [5.74, 6) is 1.87. The molecule has 98 heavy (non-hydrogen) atoms. The molecule has 26 heteroatoms. The molecule has 6 atom stereocenters. The molecular weight excluding hydrogens is 1360 g/mol. The highest BCUT2D eigenvalue weighted by Gasteiger charge is 2.30. The molecule has 0 radical (unpaired) electrons. The second kappa shape index (κ2) is 35.1. The van der Waals surface area contributed by atoms with Gasteiger partial charge in [-0.25, -0.2) is 4.68 Å². The van der Waals surface area contributed by atoms with Crippen molar-refractivity contribution in [3.63, 3.8) is 0 Å². The number of nitrogens with zero attached hydrogens (tertiary/aromatic N) is 22. The Morgan fingerprint density at radius 3 is 1.33 bits per heavy atom. The summed E-state index contributed by atoms with van der Waals surface area (Å²) in [4.78, 5) is 38.7. The van der Waals surface area contributed by atoms with Crippen LogP contribution >= 0.6 is 31.9 Å². The number of hydrogen-bond acceptors (Lipinski definition) is 19. The number of nitrogens with one attached hydrogen (secondary N) is 2. The maximum absolute atomic E-state index is 9.30. The van der Waals surface area contributed by atoms with Gasteiger partial charge in [-0.15, -0.1) is 0 Å². The van der Waals surface area contributed by atoms with Crippen LogP contribution in [0.5, 0.6) is 0 Å². The Labute approximate surface area is 585 Å². The van der Waals surface area contributed by atoms with Crippen molar-refractivity contribution < 1.29 is 0 Å². The molecule has 2 unspecified atom stereocenters. The first kappa shape index (κ1) is 69.8. The van der Waals surface area contributed by atoms with E-state index in [0.717, 1.165) is 106 Å². The lowest BCUT2D eigenvalue weighted by molar-refractivity contribution is 0.285. The molecule has 3 aromatic carbocycles. The number of nitriles is 3. The Bertz CT molecular complexity index is 4510. The van der Waals surface area contributed by atoms with Crippen molar-refractivity contribution in [2.45, 2.75) is 72.0 Å². The van der Waals surface area contributed by atoms with E-state index in [9.17, 15) is 10.5 Å². The van der Waals surface area contributed by atoms with Crippen LogP contribution < -0.4 is 15.1 Å². The molecule has 10 aromatic heterocycles. The lowest BCUT2D eigenvalue weighted by Crippen LogP contribution is -2.41. The highest BCUT2D eigenvalue weighted by Crippen LogP contribution is 2.35. The molecule has 24 nitrogen and oxygen atoms in total. The number of H-pyrrole nitrogens is 1. The van der Waals surface area contributed by atoms with Gasteiger partial charge in [-0.2, -0.15) is 41.3 Å². The van der Waals surface area contributed by atoms with Gasteiger partial charge in [0.05, 0.1) is 58.1 Å². The molecule has 16 rings (SSSR count). The van der Waals surface area contributed by atoms with Gasteiger partial charge in [0.25, 0.3) is 0 Å². The van der Waals surface area contributed by atoms with E-state index in [0.29, 0.717) is 63.2 Å². The van der Waals surface area contributed by atoms with Crippen LogP contribution in [0.2, 0.25) is 0 Å². The molecule has 13 heterocycles. The number of fused-ring (bicyclic) bond motifs is 3. The molecule has 13 aromatic rings. The lowest BCUT2D eigenvalue weighted by atomic mass is 9.95. The number of aromatic amines is 1. The van der Waals surface area contributed by atoms with Crippen molar-refractivity contribution in [3.8, 4) is 23.9 Å². The molecule has 0 saturated carbocycles. The highest BCUT2D eigenvalue weighted by atomic mass is 79.9. The van der Waals surface area contributed by atoms with Crippen LogP contribution in [0, 0.1) is 65.6 Å². The van der Waals surface area contributed by atoms with Gasteiger partial charge in [0.15, 0.2) is 0 Å². The molecule has 2 N–H and O–H groups in total. The monoisotopic (exact) mass is 1430 g/mol. The van der Waals surface area contributed by atoms with Gasteiger partial charge in [0.2, 0.25) is 0 Å². The number of anilines is 2. The maximum atomic E-state index is 9.30. The first-order valence-electron chi connectivity index (χ1n) is 32.0. The number of rotatable bonds is 6. The third kappa shape index (κ3) is 18.9. The summed E-state index contributed by atoms with van der Waals surface area (Å²) in [6.07, 6.45) is 39.2. The van der Waals surface area contributed by atoms with Gasteiger partial charge >= 0.3 is 0 Å². The van der Waals surface area contributed by atoms with Crippen molar-refractivity contribution in [2.75, 3.05) is 49.1 Å². The Morgan fingerprint density at radius 1 is 0.449 bits per heavy atom. The summed E-state index contributed by atoms with van der Waals surface area (Å²) in [5, 5.41) is 54.2. The fourth-order valence-electron chi connectivity index (χ4n) is 11.9. The normalized spacial score (nSPS) is 17.7. The number of benzene rings is 3. The predicted octanol–water partition coefficient (Wildman–Crippen LogP) is 13.0. The highest BCUT2D eigenvalue weighted by molar-refractivity contribution is 9.11. The van der Waals surface area contributed by atoms with Crippen LogP contribution in [0.4, 0.5) is 11.4 Å². The number of pyridine rings is 2. The van der Waals surface area contributed by atoms with E-state index in [2.05, 4.69) is 161 Å². The Kier molecular flexibility index (Phi) is 25.0. The Morgan fingerprint density at radius 2 is 0.908 bits per heavy atom. The molecule has 0 aliphatic carbocycles. The topological polar surface area (TPSA) is 293 Å². The van der Waals surface area contributed by atoms with Crippen molar-refractivity contribution in [1.82, 2.24) is 94.5 Å². The minimum absolute atomic E-state index is 0.339. The first-order chi connectivity index (χ1) is 47.9. The molecule has 3 aliphatic rings. The SMILES string of the molecule is CC1CNCC(n2cccn2)C1.C[C@H]1C[C@@H](n2cccn2)CN(c2ccc(C#N)c3nccnc23)C1.C[C@H]1C[C@@H](n2cccn2)CN(c2ccc(C#N)c3nccnc23)C1.Cc1cncc(-n2cccn2)c1.Cc1cncc(Br)c1.N#Cc1ccc(Br)c2nccnc12.c1cn[nH]c1. The van der Waals surface area contributed by atoms with Crippen LogP contribution in [0.1, 0.15) is 86.0 Å². The second-order valence-electron chi connectivity index (χ2n) is 24.0. The molecular formula is C72H74Br2N24. The summed E-state index contributed by atoms with van der Waals surface area (Å²) < 4.78 is 9.83. The zero-order valence-corrected chi connectivity index (χ0v) is 58.1. The molecule has 0 amide bonds. The zero-order chi connectivity index (χ0) is 68.6. The summed E-state index contributed by atoms with van der Waals surface area (Å²) in [6.45, 7) is 16.7. The van der Waals surface area contributed by atoms with Crippen LogP contribution in [-0.2, 0) is 0 Å². The maximum Gasteiger partial charge on any atom is 0.113 e. The number of aromatic nitrogens is 18. The van der Waals surface area contributed by atoms with Gasteiger partial charge < -0.3 is 15.1 Å². The van der Waals surface area contributed by atoms with E-state index in [4.69, 9.17) is 5.26 Å². The van der Waals surface area contributed by atoms with Crippen LogP contribution in [0.15, 0.2) is 212 Å². The van der Waals surface area contributed by atoms with E-state index >= 15 is 0 Å². The fourth-order valence-corrected chi connectivity index (χ4v) is 12.8. The van der Waals surface area contributed by atoms with E-state index in [1.54, 1.807) is 85.0 Å². The van der Waals surface area contributed by atoms with E-state index in [1.807, 2.05) is 146 Å². The van der Waals surface area contributed by atoms with Crippen molar-refractivity contribution in [1.29, 1.82) is 15.8 Å². The quantitative estimate of drug-likeness (QED) is 0.156. The minimum atomic E-state index is 0.339. The smallest absolute Gasteiger partial charge is 0.113 e. The van der Waals surface area contributed by atoms with Gasteiger partial charge in [0, 0.05) is 159 Å². The largest absolute Gasteiger partial charge is 0.367 e. The molecule has 0 bridgehead atoms. The number of halogens is 2. The van der Waals surface area contributed by atoms with E-state index < -0.39 is 0 Å². The summed E-state index contributed by atoms with van der Waals surface area (Å²) >= 11 is 6.65. The third-order valence-corrected chi connectivity index (χ3v) is 17.3. The van der Waals surface area contributed by atoms with E-state index in [1.165, 1.54) is 12.0 Å². The molecule has 3 saturated heterocycles. The number of aryl methyl sites for hydroxylation is 2. The molecule has 0 spiro atoms. The summed E-state index contributed by atoms with van der Waals surface area (Å²) in [5.41, 5.74) is 11.4. The zero-order valence-electron chi connectivity index (χ0n) is 55.0. The molecule has 3 fully saturated rings. The predicted molar refractivity (Wildman–Crippen MR) is 384 cm³/mol. The first-order valence-corrected chi connectivity index (χ1v) is 33.6. The van der Waals surface area contributed by atoms with Crippen LogP contribution in [-0.4, -0.2) is 128 Å². The standard InChI is InChI=1S/2C18H18N6.C9H4BrN3.C9H15N3.C9H9N3.C6H6BrN.C3H4N2/c2*1-13-9-15(24-8-2-5-22-24)12-23(11-13)16-4-3-14(10-19)17-18(16)21-7-6-20-17;10-7-2-1-6(5-11)8-9(7)13-4-3-12-8;2*1-8-5-9(7-10-6-8)12-4-2-3-11-12;1-5-2-6(7)4-8-3-5;1-2-4-5-3-1/h2*2-8,13,15H,9,11-12H2,1H3;1-4H;2-4,8-10H,5-7H2,1H3;2-7H,1H3;2-4H,1H3;1-3H,(H,4,5)/t2*13-,15+;;;;;/m00...../s1. The van der Waals surface area contributed by atoms with Crippen molar-refractivity contribution in [2.24, 2.45) is 17.8 Å². The fraction of sp³-hybridized carbons (Fsp3) is 0.278. The summed E-state index contributed by atoms with van der Waals surface area (Å²) in [6, 6.07) is 32.6. The van der Waals surface area contributed by atoms with Gasteiger partial charge in [-0.05, 0) is 179 Å². The van der Waals surface area contributed by atoms with Crippen LogP contribution in [0.3, 0.4) is 0 Å². The third-order valence-electron chi connectivity index (χ3n) is 16.2. The summed E-state index contributed by atoms with van der Waals surface area (Å²) in [7, 11) is 0. The van der Waals surface area contributed by atoms with E-state index in [-0.39, 0.29) is 0 Å². The Hall–Kier alpha value is -11.0. The average Bonchev–Trinajstić information content (AvgIpc) is 0.953. The van der Waals surface area contributed by atoms with Crippen molar-refractivity contribution >= 4 is 76.3 Å². The second-order valence-corrected chi connectivity index (χ2v) is 25.8. The number of piperidine rings is 3. The molecule has 496 valence electrons.